The molecule has 1 aliphatic rings. The molecule has 0 saturated carbocycles. The zero-order valence-corrected chi connectivity index (χ0v) is 40.8. The van der Waals surface area contributed by atoms with Crippen molar-refractivity contribution >= 4 is 24.3 Å². The van der Waals surface area contributed by atoms with Crippen molar-refractivity contribution in [2.45, 2.75) is 113 Å². The van der Waals surface area contributed by atoms with Crippen molar-refractivity contribution in [3.8, 4) is 39.5 Å². The van der Waals surface area contributed by atoms with Gasteiger partial charge in [0, 0.05) is 32.0 Å². The third-order valence-corrected chi connectivity index (χ3v) is 14.0. The minimum Gasteiger partial charge on any atom is -0.333 e. The molecule has 307 valence electrons. The van der Waals surface area contributed by atoms with Crippen LogP contribution in [0.4, 0.5) is 0 Å². The smallest absolute Gasteiger partial charge is 0.0798 e. The second-order valence-electron chi connectivity index (χ2n) is 19.0. The van der Waals surface area contributed by atoms with Crippen LogP contribution in [0.2, 0.25) is 19.6 Å². The van der Waals surface area contributed by atoms with Crippen LogP contribution in [0.5, 0.6) is 0 Å². The van der Waals surface area contributed by atoms with Crippen LogP contribution in [0.3, 0.4) is 0 Å². The summed E-state index contributed by atoms with van der Waals surface area (Å²) in [4.78, 5) is 9.94. The number of hydrogen-bond acceptors (Lipinski definition) is 2. The Balaban J connectivity index is 0.000000236. The van der Waals surface area contributed by atoms with Crippen molar-refractivity contribution in [3.63, 3.8) is 0 Å². The van der Waals surface area contributed by atoms with Crippen molar-refractivity contribution < 1.29 is 20.1 Å². The molecule has 0 aliphatic heterocycles. The number of aryl methyl sites for hydroxylation is 2. The van der Waals surface area contributed by atoms with Crippen LogP contribution >= 0.6 is 0 Å². The molecule has 0 saturated heterocycles. The van der Waals surface area contributed by atoms with Crippen molar-refractivity contribution in [1.82, 2.24) is 14.5 Å². The van der Waals surface area contributed by atoms with Crippen LogP contribution in [0.1, 0.15) is 106 Å². The van der Waals surface area contributed by atoms with Crippen molar-refractivity contribution in [3.05, 3.63) is 154 Å². The fourth-order valence-electron chi connectivity index (χ4n) is 9.13. The Morgan fingerprint density at radius 2 is 1.41 bits per heavy atom. The van der Waals surface area contributed by atoms with E-state index in [1.54, 1.807) is 0 Å². The Hall–Kier alpha value is -4.41. The number of hydrogen-bond donors (Lipinski definition) is 0. The molecule has 0 spiro atoms. The molecule has 1 aliphatic carbocycles. The van der Waals surface area contributed by atoms with Gasteiger partial charge in [-0.05, 0) is 99.8 Å². The number of fused-ring (bicyclic) bond motifs is 4. The van der Waals surface area contributed by atoms with E-state index in [4.69, 9.17) is 4.98 Å². The maximum absolute atomic E-state index is 5.25. The first-order chi connectivity index (χ1) is 27.5. The Labute approximate surface area is 369 Å². The maximum atomic E-state index is 5.25. The topological polar surface area (TPSA) is 30.7 Å². The van der Waals surface area contributed by atoms with Crippen molar-refractivity contribution in [2.75, 3.05) is 0 Å². The molecule has 2 aromatic heterocycles. The Morgan fingerprint density at radius 1 is 0.746 bits per heavy atom. The van der Waals surface area contributed by atoms with Crippen LogP contribution in [-0.4, -0.2) is 22.6 Å². The van der Waals surface area contributed by atoms with E-state index >= 15 is 0 Å². The van der Waals surface area contributed by atoms with Crippen LogP contribution in [0, 0.1) is 31.9 Å². The van der Waals surface area contributed by atoms with Gasteiger partial charge in [0.05, 0.1) is 24.9 Å². The molecule has 5 heteroatoms. The maximum Gasteiger partial charge on any atom is 0.0798 e. The first kappa shape index (κ1) is 44.1. The fraction of sp³-hybridized carbons (Fsp3) is 0.333. The van der Waals surface area contributed by atoms with Gasteiger partial charge in [-0.25, -0.2) is 0 Å². The molecule has 0 atom stereocenters. The zero-order valence-electron chi connectivity index (χ0n) is 37.4. The largest absolute Gasteiger partial charge is 0.333 e. The van der Waals surface area contributed by atoms with E-state index in [1.807, 2.05) is 18.2 Å². The van der Waals surface area contributed by atoms with Crippen LogP contribution in [-0.2, 0) is 31.9 Å². The number of imidazole rings is 1. The number of rotatable bonds is 8. The quantitative estimate of drug-likeness (QED) is 0.112. The first-order valence-electron chi connectivity index (χ1n) is 21.2. The zero-order chi connectivity index (χ0) is 41.7. The molecule has 0 bridgehead atoms. The molecule has 0 fully saturated rings. The van der Waals surface area contributed by atoms with Crippen LogP contribution < -0.4 is 5.19 Å². The van der Waals surface area contributed by atoms with Gasteiger partial charge in [-0.2, -0.15) is 0 Å². The van der Waals surface area contributed by atoms with Crippen LogP contribution in [0.25, 0.3) is 50.5 Å². The second kappa shape index (κ2) is 17.3. The molecule has 0 amide bonds. The van der Waals surface area contributed by atoms with E-state index in [0.29, 0.717) is 17.8 Å². The number of para-hydroxylation sites is 3. The number of pyridine rings is 1. The minimum atomic E-state index is -1.34. The Morgan fingerprint density at radius 3 is 2.03 bits per heavy atom. The second-order valence-corrected chi connectivity index (χ2v) is 24.0. The number of benzene rings is 5. The molecule has 3 nitrogen and oxygen atoms in total. The Bertz CT molecular complexity index is 2580. The summed E-state index contributed by atoms with van der Waals surface area (Å²) in [5, 5.41) is 1.49. The van der Waals surface area contributed by atoms with Crippen LogP contribution in [0.15, 0.2) is 103 Å². The van der Waals surface area contributed by atoms with Gasteiger partial charge in [0.15, 0.2) is 0 Å². The monoisotopic (exact) mass is 972 g/mol. The average Bonchev–Trinajstić information content (AvgIpc) is 3.68. The van der Waals surface area contributed by atoms with Crippen molar-refractivity contribution in [2.24, 2.45) is 5.92 Å². The summed E-state index contributed by atoms with van der Waals surface area (Å²) in [5.74, 6) is 2.40. The van der Waals surface area contributed by atoms with E-state index in [1.165, 1.54) is 60.9 Å². The summed E-state index contributed by atoms with van der Waals surface area (Å²) >= 11 is 0. The van der Waals surface area contributed by atoms with Gasteiger partial charge in [-0.15, -0.1) is 65.2 Å². The van der Waals surface area contributed by atoms with E-state index < -0.39 is 8.07 Å². The van der Waals surface area contributed by atoms with Crippen molar-refractivity contribution in [1.29, 1.82) is 0 Å². The van der Waals surface area contributed by atoms with Gasteiger partial charge in [-0.1, -0.05) is 135 Å². The Kier molecular flexibility index (Phi) is 12.9. The van der Waals surface area contributed by atoms with E-state index in [0.717, 1.165) is 40.1 Å². The summed E-state index contributed by atoms with van der Waals surface area (Å²) < 4.78 is 2.41. The molecule has 7 aromatic rings. The van der Waals surface area contributed by atoms with E-state index in [9.17, 15) is 0 Å². The molecular weight excluding hydrogens is 911 g/mol. The number of nitrogens with zero attached hydrogens (tertiary/aromatic N) is 3. The predicted molar refractivity (Wildman–Crippen MR) is 251 cm³/mol. The van der Waals surface area contributed by atoms with Gasteiger partial charge >= 0.3 is 0 Å². The molecule has 8 rings (SSSR count). The molecule has 59 heavy (non-hydrogen) atoms. The molecule has 0 unspecified atom stereocenters. The van der Waals surface area contributed by atoms with E-state index in [-0.39, 0.29) is 25.5 Å². The SMILES string of the molecule is CC(C)Cc1cc(-c2[c-]cccc2)ncc1[Si](C)(C)C.Cc1ccc(C)c2c1-c1cc(-c3nc4ccccc4n3-c3c(C(C)C)cccc3C(C)C)[c-]cc1C2(C)C.[Ir]. The van der Waals surface area contributed by atoms with Gasteiger partial charge in [0.1, 0.15) is 0 Å². The van der Waals surface area contributed by atoms with Gasteiger partial charge < -0.3 is 9.55 Å². The summed E-state index contributed by atoms with van der Waals surface area (Å²) in [6.07, 6.45) is 3.24. The summed E-state index contributed by atoms with van der Waals surface area (Å²) in [6, 6.07) is 41.7. The van der Waals surface area contributed by atoms with E-state index in [2.05, 4.69) is 196 Å². The summed E-state index contributed by atoms with van der Waals surface area (Å²) in [5.41, 5.74) is 18.9. The molecule has 5 aromatic carbocycles. The predicted octanol–water partition coefficient (Wildman–Crippen LogP) is 14.0. The van der Waals surface area contributed by atoms with Gasteiger partial charge in [0.2, 0.25) is 0 Å². The standard InChI is InChI=1S/C36H37N2.C18H24NSi.Ir/c1-21(2)26-12-11-13-27(22(3)4)34(26)38-31-15-10-9-14-30(31)37-35(38)25-18-19-29-28(20-25)32-23(5)16-17-24(6)33(32)36(29,7)8;1-14(2)11-16-12-17(15-9-7-6-8-10-15)19-13-18(16)20(3,4)5;/h9-17,19-22H,1-8H3;6-9,12-14H,11H2,1-5H3;/q2*-1;. The first-order valence-corrected chi connectivity index (χ1v) is 24.7. The molecular formula is C54H61IrN3Si-2. The van der Waals surface area contributed by atoms with Gasteiger partial charge in [0.25, 0.3) is 0 Å². The minimum absolute atomic E-state index is 0. The third kappa shape index (κ3) is 8.49. The summed E-state index contributed by atoms with van der Waals surface area (Å²) in [7, 11) is -1.34. The molecule has 1 radical (unpaired) electrons. The molecule has 0 N–H and O–H groups in total. The van der Waals surface area contributed by atoms with Gasteiger partial charge in [-0.3, -0.25) is 4.98 Å². The normalized spacial score (nSPS) is 13.0. The third-order valence-electron chi connectivity index (χ3n) is 11.9. The summed E-state index contributed by atoms with van der Waals surface area (Å²) in [6.45, 7) is 30.1. The fourth-order valence-corrected chi connectivity index (χ4v) is 10.7. The molecule has 2 heterocycles. The average molecular weight is 972 g/mol. The number of aromatic nitrogens is 3.